The van der Waals surface area contributed by atoms with E-state index in [9.17, 15) is 17.2 Å². The number of pyridine rings is 1. The molecule has 1 aromatic carbocycles. The molecule has 9 nitrogen and oxygen atoms in total. The van der Waals surface area contributed by atoms with Crippen molar-refractivity contribution in [3.8, 4) is 5.82 Å². The second-order valence-electron chi connectivity index (χ2n) is 7.32. The van der Waals surface area contributed by atoms with E-state index < -0.39 is 15.9 Å². The Morgan fingerprint density at radius 1 is 1.13 bits per heavy atom. The molecule has 1 aliphatic heterocycles. The molecule has 0 amide bonds. The molecule has 12 heteroatoms. The van der Waals surface area contributed by atoms with Gasteiger partial charge in [0, 0.05) is 30.4 Å². The van der Waals surface area contributed by atoms with Crippen molar-refractivity contribution in [2.24, 2.45) is 7.05 Å². The van der Waals surface area contributed by atoms with Gasteiger partial charge in [-0.25, -0.2) is 26.9 Å². The molecule has 0 aliphatic carbocycles. The van der Waals surface area contributed by atoms with E-state index in [1.807, 2.05) is 6.07 Å². The molecule has 0 unspecified atom stereocenters. The number of halogens is 2. The molecule has 4 heterocycles. The van der Waals surface area contributed by atoms with Crippen LogP contribution in [0.3, 0.4) is 0 Å². The largest absolute Gasteiger partial charge is 0.359 e. The van der Waals surface area contributed by atoms with Gasteiger partial charge in [-0.3, -0.25) is 9.40 Å². The van der Waals surface area contributed by atoms with Gasteiger partial charge in [0.15, 0.2) is 5.82 Å². The standard InChI is InChI=1S/C19H17F2N7O2S/c1-26-18-13(8-23-26)3-2-4-16(18)25-31(29,30)15-9-24-28(10-15)17-7-14(5-6-22-17)27-11-19(20,21)12-27/h2-10,25H,11-12H2,1H3. The number of nitrogens with one attached hydrogen (secondary N) is 1. The van der Waals surface area contributed by atoms with Crippen LogP contribution in [0.25, 0.3) is 16.7 Å². The average Bonchev–Trinajstić information content (AvgIpc) is 3.35. The number of aryl methyl sites for hydroxylation is 1. The van der Waals surface area contributed by atoms with Gasteiger partial charge in [0.1, 0.15) is 4.90 Å². The Morgan fingerprint density at radius 2 is 1.94 bits per heavy atom. The van der Waals surface area contributed by atoms with Gasteiger partial charge >= 0.3 is 0 Å². The first-order valence-corrected chi connectivity index (χ1v) is 10.8. The first-order valence-electron chi connectivity index (χ1n) is 9.29. The van der Waals surface area contributed by atoms with Crippen LogP contribution < -0.4 is 9.62 Å². The van der Waals surface area contributed by atoms with Gasteiger partial charge in [-0.15, -0.1) is 0 Å². The summed E-state index contributed by atoms with van der Waals surface area (Å²) in [7, 11) is -2.21. The molecule has 0 bridgehead atoms. The number of fused-ring (bicyclic) bond motifs is 1. The minimum Gasteiger partial charge on any atom is -0.359 e. The van der Waals surface area contributed by atoms with E-state index in [-0.39, 0.29) is 18.0 Å². The number of rotatable bonds is 5. The molecule has 1 N–H and O–H groups in total. The summed E-state index contributed by atoms with van der Waals surface area (Å²) < 4.78 is 57.6. The highest BCUT2D eigenvalue weighted by atomic mass is 32.2. The van der Waals surface area contributed by atoms with Gasteiger partial charge in [-0.2, -0.15) is 10.2 Å². The third-order valence-electron chi connectivity index (χ3n) is 5.05. The van der Waals surface area contributed by atoms with Crippen molar-refractivity contribution in [3.63, 3.8) is 0 Å². The van der Waals surface area contributed by atoms with Crippen molar-refractivity contribution in [3.05, 3.63) is 55.1 Å². The normalized spacial score (nSPS) is 15.8. The van der Waals surface area contributed by atoms with Crippen LogP contribution in [0.2, 0.25) is 0 Å². The topological polar surface area (TPSA) is 97.9 Å². The van der Waals surface area contributed by atoms with Gasteiger partial charge in [0.25, 0.3) is 15.9 Å². The molecule has 1 aliphatic rings. The summed E-state index contributed by atoms with van der Waals surface area (Å²) in [6, 6.07) is 8.43. The van der Waals surface area contributed by atoms with Crippen LogP contribution in [0.4, 0.5) is 20.2 Å². The fourth-order valence-corrected chi connectivity index (χ4v) is 4.51. The minimum atomic E-state index is -3.93. The SMILES string of the molecule is Cn1ncc2cccc(NS(=O)(=O)c3cnn(-c4cc(N5CC(F)(F)C5)ccn4)c3)c21. The molecule has 5 rings (SSSR count). The van der Waals surface area contributed by atoms with E-state index in [1.54, 1.807) is 42.2 Å². The molecule has 0 radical (unpaired) electrons. The van der Waals surface area contributed by atoms with Crippen LogP contribution in [0.15, 0.2) is 60.0 Å². The summed E-state index contributed by atoms with van der Waals surface area (Å²) in [4.78, 5) is 5.63. The lowest BCUT2D eigenvalue weighted by Gasteiger charge is -2.40. The third-order valence-corrected chi connectivity index (χ3v) is 6.37. The highest BCUT2D eigenvalue weighted by Gasteiger charge is 2.44. The van der Waals surface area contributed by atoms with Gasteiger partial charge in [0.05, 0.1) is 42.9 Å². The maximum absolute atomic E-state index is 13.2. The van der Waals surface area contributed by atoms with Crippen LogP contribution in [0.1, 0.15) is 0 Å². The Bertz CT molecular complexity index is 1390. The van der Waals surface area contributed by atoms with E-state index in [0.717, 1.165) is 5.39 Å². The van der Waals surface area contributed by atoms with Crippen LogP contribution in [-0.2, 0) is 17.1 Å². The number of anilines is 2. The number of hydrogen-bond acceptors (Lipinski definition) is 6. The van der Waals surface area contributed by atoms with Crippen molar-refractivity contribution in [2.45, 2.75) is 10.8 Å². The Kier molecular flexibility index (Phi) is 4.22. The molecule has 0 spiro atoms. The van der Waals surface area contributed by atoms with Gasteiger partial charge in [0.2, 0.25) is 0 Å². The molecular formula is C19H17F2N7O2S. The fourth-order valence-electron chi connectivity index (χ4n) is 3.51. The molecule has 1 saturated heterocycles. The predicted octanol–water partition coefficient (Wildman–Crippen LogP) is 2.41. The molecule has 31 heavy (non-hydrogen) atoms. The molecule has 1 fully saturated rings. The lowest BCUT2D eigenvalue weighted by molar-refractivity contribution is -0.0262. The molecular weight excluding hydrogens is 428 g/mol. The highest BCUT2D eigenvalue weighted by molar-refractivity contribution is 7.92. The zero-order valence-corrected chi connectivity index (χ0v) is 17.1. The van der Waals surface area contributed by atoms with Crippen molar-refractivity contribution in [2.75, 3.05) is 22.7 Å². The van der Waals surface area contributed by atoms with Gasteiger partial charge in [-0.05, 0) is 12.1 Å². The molecule has 160 valence electrons. The van der Waals surface area contributed by atoms with E-state index in [2.05, 4.69) is 19.9 Å². The van der Waals surface area contributed by atoms with E-state index in [1.165, 1.54) is 28.2 Å². The predicted molar refractivity (Wildman–Crippen MR) is 110 cm³/mol. The second-order valence-corrected chi connectivity index (χ2v) is 9.00. The Morgan fingerprint density at radius 3 is 2.71 bits per heavy atom. The number of benzene rings is 1. The number of para-hydroxylation sites is 1. The lowest BCUT2D eigenvalue weighted by atomic mass is 10.1. The van der Waals surface area contributed by atoms with Crippen LogP contribution in [0.5, 0.6) is 0 Å². The monoisotopic (exact) mass is 445 g/mol. The molecule has 0 atom stereocenters. The van der Waals surface area contributed by atoms with Crippen LogP contribution in [0, 0.1) is 0 Å². The van der Waals surface area contributed by atoms with Crippen molar-refractivity contribution >= 4 is 32.3 Å². The Hall–Kier alpha value is -3.54. The maximum Gasteiger partial charge on any atom is 0.282 e. The van der Waals surface area contributed by atoms with Crippen molar-refractivity contribution in [1.82, 2.24) is 24.5 Å². The lowest BCUT2D eigenvalue weighted by Crippen LogP contribution is -2.56. The number of aromatic nitrogens is 5. The number of alkyl halides is 2. The van der Waals surface area contributed by atoms with Gasteiger partial charge < -0.3 is 4.90 Å². The number of sulfonamides is 1. The molecule has 0 saturated carbocycles. The maximum atomic E-state index is 13.2. The quantitative estimate of drug-likeness (QED) is 0.507. The average molecular weight is 445 g/mol. The van der Waals surface area contributed by atoms with Crippen molar-refractivity contribution in [1.29, 1.82) is 0 Å². The minimum absolute atomic E-state index is 0.0608. The summed E-state index contributed by atoms with van der Waals surface area (Å²) >= 11 is 0. The summed E-state index contributed by atoms with van der Waals surface area (Å²) in [5.74, 6) is -2.37. The van der Waals surface area contributed by atoms with Crippen LogP contribution in [-0.4, -0.2) is 52.0 Å². The van der Waals surface area contributed by atoms with E-state index >= 15 is 0 Å². The zero-order valence-electron chi connectivity index (χ0n) is 16.3. The third kappa shape index (κ3) is 3.48. The van der Waals surface area contributed by atoms with E-state index in [4.69, 9.17) is 0 Å². The summed E-state index contributed by atoms with van der Waals surface area (Å²) in [5.41, 5.74) is 1.61. The number of hydrogen-bond donors (Lipinski definition) is 1. The highest BCUT2D eigenvalue weighted by Crippen LogP contribution is 2.32. The fraction of sp³-hybridized carbons (Fsp3) is 0.211. The Balaban J connectivity index is 1.42. The number of nitrogens with zero attached hydrogens (tertiary/aromatic N) is 6. The molecule has 4 aromatic rings. The first kappa shape index (κ1) is 19.4. The summed E-state index contributed by atoms with van der Waals surface area (Å²) in [5, 5.41) is 9.04. The summed E-state index contributed by atoms with van der Waals surface area (Å²) in [6.07, 6.45) is 5.65. The molecule has 3 aromatic heterocycles. The second kappa shape index (κ2) is 6.74. The van der Waals surface area contributed by atoms with Crippen LogP contribution >= 0.6 is 0 Å². The summed E-state index contributed by atoms with van der Waals surface area (Å²) in [6.45, 7) is -0.725. The first-order chi connectivity index (χ1) is 14.7. The smallest absolute Gasteiger partial charge is 0.282 e. The van der Waals surface area contributed by atoms with E-state index in [0.29, 0.717) is 22.7 Å². The van der Waals surface area contributed by atoms with Crippen molar-refractivity contribution < 1.29 is 17.2 Å². The van der Waals surface area contributed by atoms with Gasteiger partial charge in [-0.1, -0.05) is 12.1 Å². The zero-order chi connectivity index (χ0) is 21.8. The Labute approximate surface area is 176 Å².